The number of aromatic nitrogens is 2. The first kappa shape index (κ1) is 14.9. The molecule has 0 aromatic carbocycles. The summed E-state index contributed by atoms with van der Waals surface area (Å²) in [6, 6.07) is 0.223. The van der Waals surface area contributed by atoms with Crippen molar-refractivity contribution in [3.8, 4) is 0 Å². The third kappa shape index (κ3) is 2.81. The molecular weight excluding hydrogens is 250 g/mol. The van der Waals surface area contributed by atoms with Gasteiger partial charge in [-0.25, -0.2) is 0 Å². The Morgan fingerprint density at radius 1 is 1.40 bits per heavy atom. The average molecular weight is 277 g/mol. The van der Waals surface area contributed by atoms with E-state index in [0.717, 1.165) is 18.8 Å². The number of aryl methyl sites for hydroxylation is 1. The van der Waals surface area contributed by atoms with Crippen molar-refractivity contribution in [1.82, 2.24) is 14.7 Å². The fourth-order valence-electron chi connectivity index (χ4n) is 2.74. The summed E-state index contributed by atoms with van der Waals surface area (Å²) in [7, 11) is 1.98. The van der Waals surface area contributed by atoms with E-state index >= 15 is 0 Å². The maximum atomic E-state index is 6.07. The quantitative estimate of drug-likeness (QED) is 0.920. The Morgan fingerprint density at radius 3 is 2.60 bits per heavy atom. The molecule has 2 heterocycles. The van der Waals surface area contributed by atoms with Crippen molar-refractivity contribution in [2.75, 3.05) is 13.1 Å². The molecule has 112 valence electrons. The summed E-state index contributed by atoms with van der Waals surface area (Å²) in [6.45, 7) is 12.7. The molecule has 0 saturated heterocycles. The Kier molecular flexibility index (Phi) is 3.80. The van der Waals surface area contributed by atoms with Gasteiger partial charge in [0.15, 0.2) is 5.96 Å². The Labute approximate surface area is 121 Å². The molecule has 1 atom stereocenters. The van der Waals surface area contributed by atoms with E-state index in [1.54, 1.807) is 0 Å². The van der Waals surface area contributed by atoms with Crippen LogP contribution in [0.3, 0.4) is 0 Å². The van der Waals surface area contributed by atoms with Crippen molar-refractivity contribution >= 4 is 5.96 Å². The standard InChI is InChI=1S/C15H27N5/c1-10(2)8-20-12(7-17-14(20)16)11-9-19(6)18-13(11)15(3,4)5/h9-10,12H,7-8H2,1-6H3,(H2,16,17). The van der Waals surface area contributed by atoms with E-state index in [0.29, 0.717) is 11.9 Å². The number of rotatable bonds is 3. The largest absolute Gasteiger partial charge is 0.370 e. The van der Waals surface area contributed by atoms with Crippen LogP contribution in [0.15, 0.2) is 11.2 Å². The van der Waals surface area contributed by atoms with Crippen molar-refractivity contribution in [3.63, 3.8) is 0 Å². The number of nitrogens with zero attached hydrogens (tertiary/aromatic N) is 4. The van der Waals surface area contributed by atoms with Crippen LogP contribution in [0.25, 0.3) is 0 Å². The van der Waals surface area contributed by atoms with E-state index in [-0.39, 0.29) is 11.5 Å². The van der Waals surface area contributed by atoms with E-state index in [1.165, 1.54) is 5.56 Å². The molecule has 0 spiro atoms. The van der Waals surface area contributed by atoms with Crippen LogP contribution in [0.5, 0.6) is 0 Å². The van der Waals surface area contributed by atoms with Crippen LogP contribution in [0.4, 0.5) is 0 Å². The molecule has 2 rings (SSSR count). The van der Waals surface area contributed by atoms with E-state index in [9.17, 15) is 0 Å². The van der Waals surface area contributed by atoms with Crippen LogP contribution < -0.4 is 5.73 Å². The first-order chi connectivity index (χ1) is 9.20. The topological polar surface area (TPSA) is 59.4 Å². The van der Waals surface area contributed by atoms with Gasteiger partial charge in [0.25, 0.3) is 0 Å². The second-order valence-electron chi connectivity index (χ2n) is 7.12. The molecule has 1 aliphatic heterocycles. The Bertz CT molecular complexity index is 507. The molecule has 0 radical (unpaired) electrons. The number of aliphatic imine (C=N–C) groups is 1. The van der Waals surface area contributed by atoms with E-state index in [1.807, 2.05) is 11.7 Å². The summed E-state index contributed by atoms with van der Waals surface area (Å²) in [6.07, 6.45) is 2.12. The minimum absolute atomic E-state index is 0.0252. The number of hydrogen-bond donors (Lipinski definition) is 1. The molecule has 2 N–H and O–H groups in total. The van der Waals surface area contributed by atoms with Crippen LogP contribution in [-0.2, 0) is 12.5 Å². The molecule has 1 aromatic rings. The highest BCUT2D eigenvalue weighted by Crippen LogP contribution is 2.33. The predicted octanol–water partition coefficient (Wildman–Crippen LogP) is 2.04. The molecule has 1 aliphatic rings. The van der Waals surface area contributed by atoms with Gasteiger partial charge in [0.1, 0.15) is 0 Å². The normalized spacial score (nSPS) is 19.9. The number of guanidine groups is 1. The second-order valence-corrected chi connectivity index (χ2v) is 7.12. The lowest BCUT2D eigenvalue weighted by molar-refractivity contribution is 0.306. The maximum absolute atomic E-state index is 6.07. The summed E-state index contributed by atoms with van der Waals surface area (Å²) in [4.78, 5) is 6.66. The summed E-state index contributed by atoms with van der Waals surface area (Å²) in [5.41, 5.74) is 8.49. The van der Waals surface area contributed by atoms with E-state index < -0.39 is 0 Å². The molecule has 1 unspecified atom stereocenters. The number of nitrogens with two attached hydrogens (primary N) is 1. The van der Waals surface area contributed by atoms with Crippen LogP contribution in [0.1, 0.15) is 51.9 Å². The van der Waals surface area contributed by atoms with Crippen LogP contribution >= 0.6 is 0 Å². The lowest BCUT2D eigenvalue weighted by atomic mass is 9.87. The fraction of sp³-hybridized carbons (Fsp3) is 0.733. The number of hydrogen-bond acceptors (Lipinski definition) is 4. The van der Waals surface area contributed by atoms with Crippen molar-refractivity contribution in [1.29, 1.82) is 0 Å². The highest BCUT2D eigenvalue weighted by molar-refractivity contribution is 5.80. The van der Waals surface area contributed by atoms with Gasteiger partial charge in [0, 0.05) is 30.8 Å². The first-order valence-electron chi connectivity index (χ1n) is 7.30. The van der Waals surface area contributed by atoms with Crippen LogP contribution in [0, 0.1) is 5.92 Å². The van der Waals surface area contributed by atoms with Gasteiger partial charge in [-0.1, -0.05) is 34.6 Å². The van der Waals surface area contributed by atoms with E-state index in [4.69, 9.17) is 5.73 Å². The SMILES string of the molecule is CC(C)CN1C(N)=NCC1c1cn(C)nc1C(C)(C)C. The molecule has 0 aliphatic carbocycles. The second kappa shape index (κ2) is 5.11. The molecule has 0 fully saturated rings. The van der Waals surface area contributed by atoms with Gasteiger partial charge in [-0.2, -0.15) is 5.10 Å². The van der Waals surface area contributed by atoms with E-state index in [2.05, 4.69) is 55.8 Å². The minimum Gasteiger partial charge on any atom is -0.370 e. The molecule has 0 saturated carbocycles. The molecular formula is C15H27N5. The highest BCUT2D eigenvalue weighted by Gasteiger charge is 2.33. The summed E-state index contributed by atoms with van der Waals surface area (Å²) < 4.78 is 1.90. The highest BCUT2D eigenvalue weighted by atomic mass is 15.3. The van der Waals surface area contributed by atoms with Crippen molar-refractivity contribution in [2.24, 2.45) is 23.7 Å². The lowest BCUT2D eigenvalue weighted by Crippen LogP contribution is -2.39. The molecule has 0 amide bonds. The Balaban J connectivity index is 2.36. The van der Waals surface area contributed by atoms with Gasteiger partial charge in [0.05, 0.1) is 18.3 Å². The molecule has 5 nitrogen and oxygen atoms in total. The smallest absolute Gasteiger partial charge is 0.191 e. The van der Waals surface area contributed by atoms with Gasteiger partial charge in [-0.3, -0.25) is 9.67 Å². The first-order valence-corrected chi connectivity index (χ1v) is 7.30. The Hall–Kier alpha value is -1.52. The fourth-order valence-corrected chi connectivity index (χ4v) is 2.74. The van der Waals surface area contributed by atoms with Gasteiger partial charge in [-0.15, -0.1) is 0 Å². The molecule has 0 bridgehead atoms. The van der Waals surface area contributed by atoms with Crippen LogP contribution in [-0.4, -0.2) is 33.7 Å². The lowest BCUT2D eigenvalue weighted by Gasteiger charge is -2.29. The maximum Gasteiger partial charge on any atom is 0.191 e. The van der Waals surface area contributed by atoms with Crippen molar-refractivity contribution in [2.45, 2.75) is 46.1 Å². The zero-order valence-electron chi connectivity index (χ0n) is 13.5. The third-order valence-corrected chi connectivity index (χ3v) is 3.59. The molecule has 20 heavy (non-hydrogen) atoms. The Morgan fingerprint density at radius 2 is 2.05 bits per heavy atom. The summed E-state index contributed by atoms with van der Waals surface area (Å²) >= 11 is 0. The average Bonchev–Trinajstić information content (AvgIpc) is 2.82. The van der Waals surface area contributed by atoms with Crippen molar-refractivity contribution in [3.05, 3.63) is 17.5 Å². The zero-order valence-corrected chi connectivity index (χ0v) is 13.5. The summed E-state index contributed by atoms with van der Waals surface area (Å²) in [5, 5.41) is 4.66. The zero-order chi connectivity index (χ0) is 15.1. The third-order valence-electron chi connectivity index (χ3n) is 3.59. The van der Waals surface area contributed by atoms with Gasteiger partial charge >= 0.3 is 0 Å². The van der Waals surface area contributed by atoms with Gasteiger partial charge < -0.3 is 10.6 Å². The minimum atomic E-state index is 0.0252. The van der Waals surface area contributed by atoms with Crippen molar-refractivity contribution < 1.29 is 0 Å². The van der Waals surface area contributed by atoms with Gasteiger partial charge in [0.2, 0.25) is 0 Å². The monoisotopic (exact) mass is 277 g/mol. The molecule has 1 aromatic heterocycles. The molecule has 5 heteroatoms. The summed E-state index contributed by atoms with van der Waals surface area (Å²) in [5.74, 6) is 1.21. The van der Waals surface area contributed by atoms with Gasteiger partial charge in [-0.05, 0) is 5.92 Å². The van der Waals surface area contributed by atoms with Crippen LogP contribution in [0.2, 0.25) is 0 Å². The predicted molar refractivity (Wildman–Crippen MR) is 82.7 cm³/mol.